The zero-order valence-electron chi connectivity index (χ0n) is 15.8. The lowest BCUT2D eigenvalue weighted by Gasteiger charge is -2.14. The number of carbonyl (C=O) groups excluding carboxylic acids is 1. The van der Waals surface area contributed by atoms with E-state index in [0.717, 1.165) is 42.5 Å². The first-order valence-corrected chi connectivity index (χ1v) is 10.0. The average molecular weight is 366 g/mol. The lowest BCUT2D eigenvalue weighted by Crippen LogP contribution is -2.41. The van der Waals surface area contributed by atoms with Crippen molar-refractivity contribution in [3.8, 4) is 0 Å². The summed E-state index contributed by atoms with van der Waals surface area (Å²) in [7, 11) is 0. The number of carbonyl (C=O) groups is 1. The van der Waals surface area contributed by atoms with Gasteiger partial charge in [0.25, 0.3) is 0 Å². The molecule has 1 heterocycles. The summed E-state index contributed by atoms with van der Waals surface area (Å²) in [5.41, 5.74) is 1.24. The van der Waals surface area contributed by atoms with Gasteiger partial charge in [-0.25, -0.2) is 4.98 Å². The standard InChI is InChI=1S/C18H31N5OS/c1-5-19-17(22-11-10-20-16(24)13-6-7-13)21-9-8-15-23-14(12-25-15)18(2,3)4/h12-13H,5-11H2,1-4H3,(H,20,24)(H2,19,21,22). The minimum atomic E-state index is 0.0966. The summed E-state index contributed by atoms with van der Waals surface area (Å²) in [6.45, 7) is 11.4. The number of aromatic nitrogens is 1. The van der Waals surface area contributed by atoms with Crippen LogP contribution in [0.15, 0.2) is 10.4 Å². The summed E-state index contributed by atoms with van der Waals surface area (Å²) in [4.78, 5) is 20.9. The van der Waals surface area contributed by atoms with Crippen molar-refractivity contribution >= 4 is 23.2 Å². The Bertz CT molecular complexity index is 587. The summed E-state index contributed by atoms with van der Waals surface area (Å²) < 4.78 is 0. The van der Waals surface area contributed by atoms with Crippen molar-refractivity contribution in [1.82, 2.24) is 20.9 Å². The van der Waals surface area contributed by atoms with Crippen molar-refractivity contribution in [2.24, 2.45) is 10.9 Å². The van der Waals surface area contributed by atoms with Gasteiger partial charge in [0.2, 0.25) is 5.91 Å². The molecular formula is C18H31N5OS. The number of rotatable bonds is 8. The molecule has 0 aliphatic heterocycles. The maximum atomic E-state index is 11.6. The Morgan fingerprint density at radius 3 is 2.60 bits per heavy atom. The molecule has 0 radical (unpaired) electrons. The van der Waals surface area contributed by atoms with E-state index in [1.807, 2.05) is 6.92 Å². The van der Waals surface area contributed by atoms with E-state index in [9.17, 15) is 4.79 Å². The highest BCUT2D eigenvalue weighted by atomic mass is 32.1. The van der Waals surface area contributed by atoms with Crippen LogP contribution in [0.3, 0.4) is 0 Å². The lowest BCUT2D eigenvalue weighted by atomic mass is 9.93. The molecule has 3 N–H and O–H groups in total. The van der Waals surface area contributed by atoms with E-state index >= 15 is 0 Å². The van der Waals surface area contributed by atoms with E-state index in [-0.39, 0.29) is 17.2 Å². The minimum absolute atomic E-state index is 0.0966. The molecule has 0 unspecified atom stereocenters. The molecular weight excluding hydrogens is 334 g/mol. The number of nitrogens with zero attached hydrogens (tertiary/aromatic N) is 2. The van der Waals surface area contributed by atoms with Gasteiger partial charge in [0.15, 0.2) is 5.96 Å². The van der Waals surface area contributed by atoms with Gasteiger partial charge in [-0.2, -0.15) is 0 Å². The van der Waals surface area contributed by atoms with Gasteiger partial charge in [0.05, 0.1) is 10.7 Å². The van der Waals surface area contributed by atoms with Crippen molar-refractivity contribution in [3.63, 3.8) is 0 Å². The van der Waals surface area contributed by atoms with Gasteiger partial charge in [-0.1, -0.05) is 20.8 Å². The van der Waals surface area contributed by atoms with Crippen molar-refractivity contribution < 1.29 is 4.79 Å². The second-order valence-electron chi connectivity index (χ2n) is 7.38. The Kier molecular flexibility index (Phi) is 7.23. The van der Waals surface area contributed by atoms with E-state index in [1.54, 1.807) is 11.3 Å². The molecule has 0 spiro atoms. The molecule has 6 nitrogen and oxygen atoms in total. The van der Waals surface area contributed by atoms with Gasteiger partial charge in [-0.15, -0.1) is 11.3 Å². The van der Waals surface area contributed by atoms with Crippen molar-refractivity contribution in [2.75, 3.05) is 26.2 Å². The van der Waals surface area contributed by atoms with Gasteiger partial charge in [0, 0.05) is 49.3 Å². The Balaban J connectivity index is 1.72. The molecule has 1 saturated carbocycles. The number of aliphatic imine (C=N–C) groups is 1. The van der Waals surface area contributed by atoms with Crippen LogP contribution >= 0.6 is 11.3 Å². The highest BCUT2D eigenvalue weighted by Gasteiger charge is 2.28. The molecule has 7 heteroatoms. The van der Waals surface area contributed by atoms with E-state index in [4.69, 9.17) is 4.98 Å². The van der Waals surface area contributed by atoms with Crippen LogP contribution in [0.1, 0.15) is 51.2 Å². The van der Waals surface area contributed by atoms with Crippen molar-refractivity contribution in [1.29, 1.82) is 0 Å². The third kappa shape index (κ3) is 7.02. The fourth-order valence-electron chi connectivity index (χ4n) is 2.23. The van der Waals surface area contributed by atoms with Gasteiger partial charge >= 0.3 is 0 Å². The van der Waals surface area contributed by atoms with E-state index in [1.165, 1.54) is 0 Å². The number of amides is 1. The van der Waals surface area contributed by atoms with E-state index in [2.05, 4.69) is 47.1 Å². The maximum absolute atomic E-state index is 11.6. The smallest absolute Gasteiger partial charge is 0.223 e. The van der Waals surface area contributed by atoms with Gasteiger partial charge in [0.1, 0.15) is 0 Å². The first-order chi connectivity index (χ1) is 11.9. The molecule has 1 fully saturated rings. The number of guanidine groups is 1. The summed E-state index contributed by atoms with van der Waals surface area (Å²) in [6.07, 6.45) is 2.92. The van der Waals surface area contributed by atoms with E-state index < -0.39 is 0 Å². The molecule has 1 amide bonds. The molecule has 1 aromatic rings. The molecule has 0 aromatic carbocycles. The first kappa shape index (κ1) is 19.7. The van der Waals surface area contributed by atoms with E-state index in [0.29, 0.717) is 19.6 Å². The molecule has 1 aliphatic carbocycles. The van der Waals surface area contributed by atoms with Gasteiger partial charge in [-0.3, -0.25) is 9.79 Å². The summed E-state index contributed by atoms with van der Waals surface area (Å²) in [5, 5.41) is 12.7. The minimum Gasteiger partial charge on any atom is -0.357 e. The predicted octanol–water partition coefficient (Wildman–Crippen LogP) is 2.06. The fourth-order valence-corrected chi connectivity index (χ4v) is 3.25. The molecule has 1 aliphatic rings. The van der Waals surface area contributed by atoms with Crippen molar-refractivity contribution in [3.05, 3.63) is 16.1 Å². The third-order valence-electron chi connectivity index (χ3n) is 3.92. The van der Waals surface area contributed by atoms with Gasteiger partial charge < -0.3 is 16.0 Å². The van der Waals surface area contributed by atoms with Crippen LogP contribution < -0.4 is 16.0 Å². The van der Waals surface area contributed by atoms with Crippen LogP contribution in [0.4, 0.5) is 0 Å². The molecule has 2 rings (SSSR count). The Hall–Kier alpha value is -1.63. The molecule has 1 aromatic heterocycles. The summed E-state index contributed by atoms with van der Waals surface area (Å²) in [5.74, 6) is 1.23. The zero-order valence-corrected chi connectivity index (χ0v) is 16.6. The fraction of sp³-hybridized carbons (Fsp3) is 0.722. The second kappa shape index (κ2) is 9.17. The normalized spacial score (nSPS) is 15.1. The number of thiazole rings is 1. The molecule has 140 valence electrons. The maximum Gasteiger partial charge on any atom is 0.223 e. The largest absolute Gasteiger partial charge is 0.357 e. The quantitative estimate of drug-likeness (QED) is 0.374. The lowest BCUT2D eigenvalue weighted by molar-refractivity contribution is -0.122. The predicted molar refractivity (Wildman–Crippen MR) is 104 cm³/mol. The molecule has 0 atom stereocenters. The third-order valence-corrected chi connectivity index (χ3v) is 4.83. The number of nitrogens with one attached hydrogen (secondary N) is 3. The Labute approximate surface area is 154 Å². The van der Waals surface area contributed by atoms with Gasteiger partial charge in [-0.05, 0) is 19.8 Å². The van der Waals surface area contributed by atoms with Crippen LogP contribution in [0.5, 0.6) is 0 Å². The number of hydrogen-bond donors (Lipinski definition) is 3. The topological polar surface area (TPSA) is 78.4 Å². The Morgan fingerprint density at radius 1 is 1.28 bits per heavy atom. The highest BCUT2D eigenvalue weighted by Crippen LogP contribution is 2.28. The van der Waals surface area contributed by atoms with Crippen LogP contribution in [0.25, 0.3) is 0 Å². The van der Waals surface area contributed by atoms with Crippen LogP contribution in [-0.2, 0) is 16.6 Å². The van der Waals surface area contributed by atoms with Crippen molar-refractivity contribution in [2.45, 2.75) is 52.4 Å². The summed E-state index contributed by atoms with van der Waals surface area (Å²) >= 11 is 1.71. The van der Waals surface area contributed by atoms with Crippen LogP contribution in [0, 0.1) is 5.92 Å². The van der Waals surface area contributed by atoms with Crippen LogP contribution in [0.2, 0.25) is 0 Å². The zero-order chi connectivity index (χ0) is 18.3. The second-order valence-corrected chi connectivity index (χ2v) is 8.32. The number of hydrogen-bond acceptors (Lipinski definition) is 4. The highest BCUT2D eigenvalue weighted by molar-refractivity contribution is 7.09. The first-order valence-electron chi connectivity index (χ1n) is 9.15. The molecule has 25 heavy (non-hydrogen) atoms. The SMILES string of the molecule is CCNC(=NCCc1nc(C(C)(C)C)cs1)NCCNC(=O)C1CC1. The average Bonchev–Trinajstić information content (AvgIpc) is 3.29. The Morgan fingerprint density at radius 2 is 2.00 bits per heavy atom. The monoisotopic (exact) mass is 365 g/mol. The van der Waals surface area contributed by atoms with Crippen LogP contribution in [-0.4, -0.2) is 43.0 Å². The molecule has 0 bridgehead atoms. The summed E-state index contributed by atoms with van der Waals surface area (Å²) in [6, 6.07) is 0. The molecule has 0 saturated heterocycles.